The van der Waals surface area contributed by atoms with Gasteiger partial charge in [0.2, 0.25) is 5.88 Å². The summed E-state index contributed by atoms with van der Waals surface area (Å²) in [5.74, 6) is -1.45. The Labute approximate surface area is 164 Å². The largest absolute Gasteiger partial charge is 0.478 e. The highest BCUT2D eigenvalue weighted by Gasteiger charge is 2.13. The fourth-order valence-corrected chi connectivity index (χ4v) is 2.19. The number of hydrogen-bond donors (Lipinski definition) is 1. The van der Waals surface area contributed by atoms with E-state index in [4.69, 9.17) is 9.57 Å². The highest BCUT2D eigenvalue weighted by Crippen LogP contribution is 2.14. The van der Waals surface area contributed by atoms with Gasteiger partial charge in [-0.3, -0.25) is 14.4 Å². The third-order valence-corrected chi connectivity index (χ3v) is 3.72. The van der Waals surface area contributed by atoms with Gasteiger partial charge < -0.3 is 4.74 Å². The summed E-state index contributed by atoms with van der Waals surface area (Å²) < 4.78 is 7.43. The van der Waals surface area contributed by atoms with Crippen LogP contribution in [0, 0.1) is 0 Å². The highest BCUT2D eigenvalue weighted by molar-refractivity contribution is 6.35. The zero-order valence-electron chi connectivity index (χ0n) is 16.3. The first kappa shape index (κ1) is 21.3. The molecule has 150 valence electrons. The van der Waals surface area contributed by atoms with Gasteiger partial charge in [-0.05, 0) is 25.0 Å². The molecule has 1 heterocycles. The Bertz CT molecular complexity index is 834. The van der Waals surface area contributed by atoms with Crippen LogP contribution in [0.3, 0.4) is 0 Å². The molecule has 0 aliphatic heterocycles. The summed E-state index contributed by atoms with van der Waals surface area (Å²) >= 11 is 0. The van der Waals surface area contributed by atoms with Crippen LogP contribution >= 0.6 is 0 Å². The lowest BCUT2D eigenvalue weighted by atomic mass is 10.3. The first-order chi connectivity index (χ1) is 13.7. The number of carbonyl (C=O) groups excluding carboxylic acids is 2. The summed E-state index contributed by atoms with van der Waals surface area (Å²) in [6, 6.07) is 11.1. The molecule has 1 aromatic heterocycles. The minimum absolute atomic E-state index is 0.229. The van der Waals surface area contributed by atoms with Crippen LogP contribution in [0.1, 0.15) is 39.5 Å². The van der Waals surface area contributed by atoms with E-state index in [1.165, 1.54) is 6.20 Å². The molecule has 0 saturated heterocycles. The van der Waals surface area contributed by atoms with Crippen LogP contribution in [-0.4, -0.2) is 34.8 Å². The number of hydrogen-bond acceptors (Lipinski definition) is 5. The van der Waals surface area contributed by atoms with Gasteiger partial charge in [0.15, 0.2) is 0 Å². The van der Waals surface area contributed by atoms with Gasteiger partial charge in [0.25, 0.3) is 0 Å². The maximum atomic E-state index is 12.0. The lowest BCUT2D eigenvalue weighted by Gasteiger charge is -2.13. The molecule has 0 fully saturated rings. The summed E-state index contributed by atoms with van der Waals surface area (Å²) in [4.78, 5) is 32.5. The predicted octanol–water partition coefficient (Wildman–Crippen LogP) is 2.33. The van der Waals surface area contributed by atoms with Crippen molar-refractivity contribution in [2.45, 2.75) is 39.5 Å². The number of ether oxygens (including phenoxy) is 1. The molecule has 1 N–H and O–H groups in total. The molecule has 0 aliphatic carbocycles. The monoisotopic (exact) mass is 386 g/mol. The third-order valence-electron chi connectivity index (χ3n) is 3.72. The molecule has 0 atom stereocenters. The van der Waals surface area contributed by atoms with Crippen LogP contribution in [0.25, 0.3) is 5.69 Å². The molecule has 2 rings (SSSR count). The highest BCUT2D eigenvalue weighted by atomic mass is 16.7. The summed E-state index contributed by atoms with van der Waals surface area (Å²) in [5, 5.41) is 4.54. The summed E-state index contributed by atoms with van der Waals surface area (Å²) in [6.45, 7) is 4.91. The number of nitrogens with one attached hydrogen (secondary N) is 1. The second-order valence-electron chi connectivity index (χ2n) is 6.05. The summed E-state index contributed by atoms with van der Waals surface area (Å²) in [6.07, 6.45) is 4.98. The van der Waals surface area contributed by atoms with Crippen LogP contribution in [0.4, 0.5) is 0 Å². The standard InChI is InChI=1S/C20H26N4O4/c1-3-5-12-27-18-14-16(15-21-24(18)17-10-8-7-9-11-17)22-19(25)20(26)23-28-13-6-4-2/h7-11,14-15H,3-6,12-13H2,1-2H3,(H,23,26)/b22-16+. The fraction of sp³-hybridized carbons (Fsp3) is 0.400. The Balaban J connectivity index is 2.20. The molecule has 0 radical (unpaired) electrons. The van der Waals surface area contributed by atoms with Crippen LogP contribution in [-0.2, 0) is 14.4 Å². The van der Waals surface area contributed by atoms with Gasteiger partial charge in [-0.15, -0.1) is 0 Å². The molecule has 8 nitrogen and oxygen atoms in total. The maximum absolute atomic E-state index is 12.0. The number of rotatable bonds is 9. The van der Waals surface area contributed by atoms with E-state index in [0.717, 1.165) is 31.4 Å². The lowest BCUT2D eigenvalue weighted by Crippen LogP contribution is -2.31. The van der Waals surface area contributed by atoms with Gasteiger partial charge in [-0.2, -0.15) is 5.10 Å². The van der Waals surface area contributed by atoms with Gasteiger partial charge in [-0.25, -0.2) is 15.2 Å². The molecule has 2 aromatic rings. The molecule has 0 bridgehead atoms. The molecule has 28 heavy (non-hydrogen) atoms. The van der Waals surface area contributed by atoms with E-state index in [9.17, 15) is 9.59 Å². The molecule has 0 saturated carbocycles. The predicted molar refractivity (Wildman–Crippen MR) is 104 cm³/mol. The number of amides is 2. The third kappa shape index (κ3) is 6.62. The van der Waals surface area contributed by atoms with Gasteiger partial charge in [0, 0.05) is 6.07 Å². The molecule has 8 heteroatoms. The van der Waals surface area contributed by atoms with Gasteiger partial charge in [0.05, 0.1) is 30.5 Å². The van der Waals surface area contributed by atoms with E-state index >= 15 is 0 Å². The fourth-order valence-electron chi connectivity index (χ4n) is 2.19. The molecule has 2 amide bonds. The van der Waals surface area contributed by atoms with Crippen molar-refractivity contribution in [3.05, 3.63) is 48.0 Å². The SMILES string of the molecule is CCCCONC(=O)C(=O)/N=c1/cnn(-c2ccccc2)c(OCCCC)c1. The minimum Gasteiger partial charge on any atom is -0.478 e. The van der Waals surface area contributed by atoms with E-state index in [0.29, 0.717) is 19.1 Å². The van der Waals surface area contributed by atoms with E-state index in [1.54, 1.807) is 10.7 Å². The van der Waals surface area contributed by atoms with Crippen molar-refractivity contribution in [3.63, 3.8) is 0 Å². The van der Waals surface area contributed by atoms with Crippen molar-refractivity contribution in [2.24, 2.45) is 4.99 Å². The van der Waals surface area contributed by atoms with Crippen LogP contribution < -0.4 is 15.6 Å². The Morgan fingerprint density at radius 2 is 1.82 bits per heavy atom. The number of carbonyl (C=O) groups is 2. The minimum atomic E-state index is -0.963. The Kier molecular flexibility index (Phi) is 8.87. The Morgan fingerprint density at radius 3 is 2.54 bits per heavy atom. The number of para-hydroxylation sites is 1. The number of aromatic nitrogens is 2. The molecular weight excluding hydrogens is 360 g/mol. The molecule has 1 aromatic carbocycles. The Morgan fingerprint density at radius 1 is 1.11 bits per heavy atom. The average Bonchev–Trinajstić information content (AvgIpc) is 2.72. The van der Waals surface area contributed by atoms with Crippen molar-refractivity contribution in [1.29, 1.82) is 0 Å². The number of benzene rings is 1. The quantitative estimate of drug-likeness (QED) is 0.405. The molecule has 0 spiro atoms. The summed E-state index contributed by atoms with van der Waals surface area (Å²) in [7, 11) is 0. The zero-order chi connectivity index (χ0) is 20.2. The summed E-state index contributed by atoms with van der Waals surface area (Å²) in [5.41, 5.74) is 2.91. The Hall–Kier alpha value is -3.00. The number of hydroxylamine groups is 1. The van der Waals surface area contributed by atoms with E-state index < -0.39 is 11.8 Å². The topological polar surface area (TPSA) is 94.8 Å². The van der Waals surface area contributed by atoms with Crippen molar-refractivity contribution < 1.29 is 19.2 Å². The number of unbranched alkanes of at least 4 members (excludes halogenated alkanes) is 2. The van der Waals surface area contributed by atoms with Crippen molar-refractivity contribution in [3.8, 4) is 11.6 Å². The van der Waals surface area contributed by atoms with Gasteiger partial charge in [0.1, 0.15) is 0 Å². The van der Waals surface area contributed by atoms with Crippen molar-refractivity contribution in [1.82, 2.24) is 15.3 Å². The molecular formula is C20H26N4O4. The lowest BCUT2D eigenvalue weighted by molar-refractivity contribution is -0.145. The number of nitrogens with zero attached hydrogens (tertiary/aromatic N) is 3. The second-order valence-corrected chi connectivity index (χ2v) is 6.05. The van der Waals surface area contributed by atoms with Crippen molar-refractivity contribution >= 4 is 11.8 Å². The molecule has 0 aliphatic rings. The molecule has 0 unspecified atom stereocenters. The first-order valence-electron chi connectivity index (χ1n) is 9.44. The van der Waals surface area contributed by atoms with Crippen LogP contribution in [0.5, 0.6) is 5.88 Å². The smallest absolute Gasteiger partial charge is 0.337 e. The van der Waals surface area contributed by atoms with Gasteiger partial charge in [-0.1, -0.05) is 44.9 Å². The van der Waals surface area contributed by atoms with Crippen LogP contribution in [0.2, 0.25) is 0 Å². The van der Waals surface area contributed by atoms with E-state index in [1.807, 2.05) is 37.3 Å². The zero-order valence-corrected chi connectivity index (χ0v) is 16.3. The normalized spacial score (nSPS) is 11.3. The average molecular weight is 386 g/mol. The van der Waals surface area contributed by atoms with E-state index in [-0.39, 0.29) is 5.36 Å². The van der Waals surface area contributed by atoms with Crippen LogP contribution in [0.15, 0.2) is 47.6 Å². The van der Waals surface area contributed by atoms with E-state index in [2.05, 4.69) is 22.5 Å². The van der Waals surface area contributed by atoms with Crippen molar-refractivity contribution in [2.75, 3.05) is 13.2 Å². The second kappa shape index (κ2) is 11.7. The first-order valence-corrected chi connectivity index (χ1v) is 9.44. The maximum Gasteiger partial charge on any atom is 0.337 e. The van der Waals surface area contributed by atoms with Gasteiger partial charge >= 0.3 is 11.8 Å².